The van der Waals surface area contributed by atoms with E-state index in [2.05, 4.69) is 15.6 Å². The Balaban J connectivity index is 1.71. The number of anilines is 2. The molecule has 0 atom stereocenters. The Hall–Kier alpha value is -3.26. The van der Waals surface area contributed by atoms with Gasteiger partial charge in [0.05, 0.1) is 17.9 Å². The summed E-state index contributed by atoms with van der Waals surface area (Å²) in [5.41, 5.74) is 1.74. The van der Waals surface area contributed by atoms with Gasteiger partial charge in [0.2, 0.25) is 5.91 Å². The first-order valence-corrected chi connectivity index (χ1v) is 9.91. The number of nitrogens with one attached hydrogen (secondary N) is 2. The number of thiazole rings is 1. The first-order chi connectivity index (χ1) is 14.0. The van der Waals surface area contributed by atoms with Crippen LogP contribution >= 0.6 is 11.3 Å². The van der Waals surface area contributed by atoms with Crippen LogP contribution in [0.2, 0.25) is 0 Å². The fourth-order valence-electron chi connectivity index (χ4n) is 2.55. The first kappa shape index (κ1) is 20.5. The van der Waals surface area contributed by atoms with Gasteiger partial charge in [-0.15, -0.1) is 11.3 Å². The SMILES string of the molecule is CCCOc1ccc(-c2csc(NC(=O)c3cc(NC(C)=O)ccc3F)n2)cc1. The summed E-state index contributed by atoms with van der Waals surface area (Å²) < 4.78 is 19.6. The average Bonchev–Trinajstić information content (AvgIpc) is 3.16. The van der Waals surface area contributed by atoms with Gasteiger partial charge in [-0.05, 0) is 48.9 Å². The molecule has 0 unspecified atom stereocenters. The maximum Gasteiger partial charge on any atom is 0.260 e. The van der Waals surface area contributed by atoms with Crippen LogP contribution in [-0.2, 0) is 4.79 Å². The molecular weight excluding hydrogens is 393 g/mol. The average molecular weight is 413 g/mol. The molecule has 0 aliphatic heterocycles. The highest BCUT2D eigenvalue weighted by Crippen LogP contribution is 2.27. The van der Waals surface area contributed by atoms with E-state index in [0.29, 0.717) is 23.1 Å². The molecule has 1 heterocycles. The monoisotopic (exact) mass is 413 g/mol. The highest BCUT2D eigenvalue weighted by molar-refractivity contribution is 7.14. The van der Waals surface area contributed by atoms with E-state index in [1.165, 1.54) is 30.4 Å². The second-order valence-corrected chi connectivity index (χ2v) is 7.10. The van der Waals surface area contributed by atoms with Gasteiger partial charge in [0, 0.05) is 23.6 Å². The lowest BCUT2D eigenvalue weighted by Crippen LogP contribution is -2.15. The molecule has 1 aromatic heterocycles. The van der Waals surface area contributed by atoms with Crippen molar-refractivity contribution in [3.05, 3.63) is 59.2 Å². The number of rotatable bonds is 7. The molecule has 6 nitrogen and oxygen atoms in total. The molecule has 0 spiro atoms. The maximum atomic E-state index is 14.1. The number of hydrogen-bond donors (Lipinski definition) is 2. The van der Waals surface area contributed by atoms with Gasteiger partial charge in [-0.25, -0.2) is 9.37 Å². The largest absolute Gasteiger partial charge is 0.494 e. The van der Waals surface area contributed by atoms with E-state index in [0.717, 1.165) is 23.8 Å². The second kappa shape index (κ2) is 9.29. The molecule has 8 heteroatoms. The normalized spacial score (nSPS) is 10.4. The van der Waals surface area contributed by atoms with E-state index in [1.54, 1.807) is 0 Å². The number of carbonyl (C=O) groups is 2. The Labute approximate surface area is 171 Å². The molecule has 29 heavy (non-hydrogen) atoms. The van der Waals surface area contributed by atoms with Gasteiger partial charge in [-0.1, -0.05) is 6.92 Å². The van der Waals surface area contributed by atoms with Crippen LogP contribution in [0.3, 0.4) is 0 Å². The van der Waals surface area contributed by atoms with Crippen LogP contribution in [0.1, 0.15) is 30.6 Å². The van der Waals surface area contributed by atoms with Crippen LogP contribution in [0, 0.1) is 5.82 Å². The molecule has 0 saturated carbocycles. The Bertz CT molecular complexity index is 1020. The summed E-state index contributed by atoms with van der Waals surface area (Å²) in [5, 5.41) is 7.28. The van der Waals surface area contributed by atoms with Crippen molar-refractivity contribution in [2.45, 2.75) is 20.3 Å². The summed E-state index contributed by atoms with van der Waals surface area (Å²) in [5.74, 6) is -0.845. The third-order valence-corrected chi connectivity index (χ3v) is 4.64. The third-order valence-electron chi connectivity index (χ3n) is 3.88. The fourth-order valence-corrected chi connectivity index (χ4v) is 3.27. The van der Waals surface area contributed by atoms with Crippen molar-refractivity contribution in [1.82, 2.24) is 4.98 Å². The summed E-state index contributed by atoms with van der Waals surface area (Å²) in [6.45, 7) is 4.04. The zero-order chi connectivity index (χ0) is 20.8. The van der Waals surface area contributed by atoms with Crippen molar-refractivity contribution in [1.29, 1.82) is 0 Å². The molecule has 2 aromatic carbocycles. The molecule has 150 valence electrons. The van der Waals surface area contributed by atoms with E-state index in [1.807, 2.05) is 36.6 Å². The number of ether oxygens (including phenoxy) is 1. The van der Waals surface area contributed by atoms with Crippen LogP contribution in [-0.4, -0.2) is 23.4 Å². The number of nitrogens with zero attached hydrogens (tertiary/aromatic N) is 1. The van der Waals surface area contributed by atoms with Gasteiger partial charge >= 0.3 is 0 Å². The van der Waals surface area contributed by atoms with Crippen molar-refractivity contribution >= 4 is 34.0 Å². The lowest BCUT2D eigenvalue weighted by atomic mass is 10.1. The molecule has 2 amide bonds. The summed E-state index contributed by atoms with van der Waals surface area (Å²) >= 11 is 1.24. The van der Waals surface area contributed by atoms with Crippen LogP contribution in [0.25, 0.3) is 11.3 Å². The van der Waals surface area contributed by atoms with E-state index in [-0.39, 0.29) is 11.5 Å². The summed E-state index contributed by atoms with van der Waals surface area (Å²) in [7, 11) is 0. The minimum atomic E-state index is -0.684. The second-order valence-electron chi connectivity index (χ2n) is 6.24. The van der Waals surface area contributed by atoms with Crippen molar-refractivity contribution in [3.63, 3.8) is 0 Å². The van der Waals surface area contributed by atoms with E-state index in [4.69, 9.17) is 4.74 Å². The summed E-state index contributed by atoms with van der Waals surface area (Å²) in [4.78, 5) is 28.0. The molecule has 0 aliphatic carbocycles. The van der Waals surface area contributed by atoms with Gasteiger partial charge in [0.25, 0.3) is 5.91 Å². The molecule has 0 bridgehead atoms. The Morgan fingerprint density at radius 3 is 2.59 bits per heavy atom. The molecular formula is C21H20FN3O3S. The number of benzene rings is 2. The van der Waals surface area contributed by atoms with Crippen LogP contribution in [0.15, 0.2) is 47.8 Å². The smallest absolute Gasteiger partial charge is 0.260 e. The lowest BCUT2D eigenvalue weighted by molar-refractivity contribution is -0.114. The number of aromatic nitrogens is 1. The molecule has 3 rings (SSSR count). The van der Waals surface area contributed by atoms with Gasteiger partial charge < -0.3 is 10.1 Å². The Morgan fingerprint density at radius 2 is 1.90 bits per heavy atom. The predicted octanol–water partition coefficient (Wildman–Crippen LogP) is 4.95. The van der Waals surface area contributed by atoms with E-state index >= 15 is 0 Å². The predicted molar refractivity (Wildman–Crippen MR) is 112 cm³/mol. The molecule has 2 N–H and O–H groups in total. The van der Waals surface area contributed by atoms with Gasteiger partial charge in [0.15, 0.2) is 5.13 Å². The highest BCUT2D eigenvalue weighted by atomic mass is 32.1. The van der Waals surface area contributed by atoms with Crippen molar-refractivity contribution in [2.75, 3.05) is 17.2 Å². The lowest BCUT2D eigenvalue weighted by Gasteiger charge is -2.07. The number of carbonyl (C=O) groups excluding carboxylic acids is 2. The van der Waals surface area contributed by atoms with Crippen LogP contribution < -0.4 is 15.4 Å². The summed E-state index contributed by atoms with van der Waals surface area (Å²) in [6, 6.07) is 11.3. The summed E-state index contributed by atoms with van der Waals surface area (Å²) in [6.07, 6.45) is 0.936. The van der Waals surface area contributed by atoms with Crippen molar-refractivity contribution in [2.24, 2.45) is 0 Å². The minimum Gasteiger partial charge on any atom is -0.494 e. The van der Waals surface area contributed by atoms with Gasteiger partial charge in [-0.3, -0.25) is 14.9 Å². The maximum absolute atomic E-state index is 14.1. The molecule has 0 fully saturated rings. The van der Waals surface area contributed by atoms with E-state index in [9.17, 15) is 14.0 Å². The fraction of sp³-hybridized carbons (Fsp3) is 0.190. The Morgan fingerprint density at radius 1 is 1.14 bits per heavy atom. The highest BCUT2D eigenvalue weighted by Gasteiger charge is 2.15. The number of amides is 2. The Kier molecular flexibility index (Phi) is 6.56. The minimum absolute atomic E-state index is 0.176. The van der Waals surface area contributed by atoms with Gasteiger partial charge in [-0.2, -0.15) is 0 Å². The molecule has 0 radical (unpaired) electrons. The third kappa shape index (κ3) is 5.39. The molecule has 3 aromatic rings. The van der Waals surface area contributed by atoms with E-state index < -0.39 is 11.7 Å². The zero-order valence-electron chi connectivity index (χ0n) is 16.0. The zero-order valence-corrected chi connectivity index (χ0v) is 16.8. The first-order valence-electron chi connectivity index (χ1n) is 9.03. The quantitative estimate of drug-likeness (QED) is 0.574. The number of halogens is 1. The van der Waals surface area contributed by atoms with Crippen molar-refractivity contribution in [3.8, 4) is 17.0 Å². The molecule has 0 saturated heterocycles. The number of hydrogen-bond acceptors (Lipinski definition) is 5. The van der Waals surface area contributed by atoms with Crippen LogP contribution in [0.5, 0.6) is 5.75 Å². The standard InChI is InChI=1S/C21H20FN3O3S/c1-3-10-28-16-7-4-14(5-8-16)19-12-29-21(24-19)25-20(27)17-11-15(23-13(2)26)6-9-18(17)22/h4-9,11-12H,3,10H2,1-2H3,(H,23,26)(H,24,25,27). The van der Waals surface area contributed by atoms with Gasteiger partial charge in [0.1, 0.15) is 11.6 Å². The molecule has 0 aliphatic rings. The van der Waals surface area contributed by atoms with Crippen molar-refractivity contribution < 1.29 is 18.7 Å². The topological polar surface area (TPSA) is 80.3 Å². The van der Waals surface area contributed by atoms with Crippen LogP contribution in [0.4, 0.5) is 15.2 Å².